The fourth-order valence-electron chi connectivity index (χ4n) is 8.54. The van der Waals surface area contributed by atoms with Gasteiger partial charge in [0.05, 0.1) is 16.6 Å². The van der Waals surface area contributed by atoms with Crippen molar-refractivity contribution in [1.29, 1.82) is 0 Å². The summed E-state index contributed by atoms with van der Waals surface area (Å²) in [4.78, 5) is 15.7. The van der Waals surface area contributed by atoms with Crippen LogP contribution in [0.4, 0.5) is 0 Å². The minimum atomic E-state index is 0.513. The van der Waals surface area contributed by atoms with Gasteiger partial charge in [0.1, 0.15) is 22.3 Å². The van der Waals surface area contributed by atoms with E-state index >= 15 is 0 Å². The van der Waals surface area contributed by atoms with Crippen LogP contribution in [0.1, 0.15) is 0 Å². The predicted molar refractivity (Wildman–Crippen MR) is 230 cm³/mol. The molecule has 0 unspecified atom stereocenters. The van der Waals surface area contributed by atoms with E-state index in [1.165, 1.54) is 0 Å². The fourth-order valence-corrected chi connectivity index (χ4v) is 8.54. The standard InChI is InChI=1S/C51H30N4O2/c1-3-15-31(16-4-1)41-29-33(30-45-46(41)39-21-9-12-28-44(39)56-45)34-22-13-23-37-35-19-7-10-26-42(35)55(47(34)37)51-53-49(32-17-5-2-6-18-32)52-50(54-51)40-25-14-24-38-36-20-8-11-27-43(36)57-48(38)40/h1-30H. The fraction of sp³-hybridized carbons (Fsp3) is 0. The van der Waals surface area contributed by atoms with E-state index < -0.39 is 0 Å². The molecule has 0 N–H and O–H groups in total. The van der Waals surface area contributed by atoms with Crippen molar-refractivity contribution in [3.05, 3.63) is 182 Å². The first kappa shape index (κ1) is 31.5. The minimum Gasteiger partial charge on any atom is -0.456 e. The van der Waals surface area contributed by atoms with Crippen molar-refractivity contribution in [3.8, 4) is 51.0 Å². The number of hydrogen-bond donors (Lipinski definition) is 0. The molecule has 0 atom stereocenters. The van der Waals surface area contributed by atoms with Crippen LogP contribution in [0.2, 0.25) is 0 Å². The SMILES string of the molecule is c1ccc(-c2nc(-c3cccc4c3oc3ccccc34)nc(-n3c4ccccc4c4cccc(-c5cc(-c6ccccc6)c6c(c5)oc5ccccc56)c43)n2)cc1. The second-order valence-electron chi connectivity index (χ2n) is 14.3. The predicted octanol–water partition coefficient (Wildman–Crippen LogP) is 13.4. The summed E-state index contributed by atoms with van der Waals surface area (Å²) in [7, 11) is 0. The molecule has 0 aliphatic heterocycles. The summed E-state index contributed by atoms with van der Waals surface area (Å²) in [6.45, 7) is 0. The molecule has 0 aliphatic carbocycles. The van der Waals surface area contributed by atoms with Crippen LogP contribution < -0.4 is 0 Å². The van der Waals surface area contributed by atoms with E-state index in [0.29, 0.717) is 17.6 Å². The van der Waals surface area contributed by atoms with E-state index in [1.54, 1.807) is 0 Å². The highest BCUT2D eigenvalue weighted by molar-refractivity contribution is 6.17. The molecule has 0 spiro atoms. The third kappa shape index (κ3) is 4.87. The zero-order valence-corrected chi connectivity index (χ0v) is 30.4. The summed E-state index contributed by atoms with van der Waals surface area (Å²) in [5.41, 5.74) is 11.2. The third-order valence-electron chi connectivity index (χ3n) is 11.1. The first-order valence-electron chi connectivity index (χ1n) is 19.0. The monoisotopic (exact) mass is 730 g/mol. The number of para-hydroxylation sites is 5. The highest BCUT2D eigenvalue weighted by atomic mass is 16.3. The van der Waals surface area contributed by atoms with Gasteiger partial charge in [-0.15, -0.1) is 0 Å². The van der Waals surface area contributed by atoms with E-state index in [1.807, 2.05) is 72.8 Å². The van der Waals surface area contributed by atoms with Gasteiger partial charge in [0.15, 0.2) is 11.6 Å². The lowest BCUT2D eigenvalue weighted by molar-refractivity contribution is 0.669. The molecule has 8 aromatic carbocycles. The molecule has 57 heavy (non-hydrogen) atoms. The molecule has 0 radical (unpaired) electrons. The quantitative estimate of drug-likeness (QED) is 0.176. The van der Waals surface area contributed by atoms with Crippen LogP contribution in [0.3, 0.4) is 0 Å². The average Bonchev–Trinajstić information content (AvgIpc) is 3.96. The number of hydrogen-bond acceptors (Lipinski definition) is 5. The number of furan rings is 2. The van der Waals surface area contributed by atoms with Gasteiger partial charge in [0, 0.05) is 43.4 Å². The van der Waals surface area contributed by atoms with Crippen molar-refractivity contribution in [1.82, 2.24) is 19.5 Å². The minimum absolute atomic E-state index is 0.513. The van der Waals surface area contributed by atoms with Crippen LogP contribution in [0.25, 0.3) is 117 Å². The van der Waals surface area contributed by atoms with Crippen molar-refractivity contribution < 1.29 is 8.83 Å². The van der Waals surface area contributed by atoms with E-state index in [0.717, 1.165) is 99.1 Å². The van der Waals surface area contributed by atoms with Crippen molar-refractivity contribution in [3.63, 3.8) is 0 Å². The summed E-state index contributed by atoms with van der Waals surface area (Å²) in [5.74, 6) is 1.61. The average molecular weight is 731 g/mol. The first-order chi connectivity index (χ1) is 28.3. The topological polar surface area (TPSA) is 69.9 Å². The van der Waals surface area contributed by atoms with E-state index in [9.17, 15) is 0 Å². The Morgan fingerprint density at radius 1 is 0.368 bits per heavy atom. The van der Waals surface area contributed by atoms with Gasteiger partial charge >= 0.3 is 0 Å². The largest absolute Gasteiger partial charge is 0.456 e. The Kier molecular flexibility index (Phi) is 6.83. The normalized spacial score (nSPS) is 11.9. The maximum atomic E-state index is 6.60. The molecule has 12 rings (SSSR count). The Labute approximate surface area is 325 Å². The molecular weight excluding hydrogens is 701 g/mol. The van der Waals surface area contributed by atoms with Gasteiger partial charge in [-0.25, -0.2) is 4.98 Å². The van der Waals surface area contributed by atoms with Crippen LogP contribution in [-0.4, -0.2) is 19.5 Å². The van der Waals surface area contributed by atoms with Gasteiger partial charge in [-0.2, -0.15) is 9.97 Å². The molecule has 4 heterocycles. The Morgan fingerprint density at radius 3 is 1.79 bits per heavy atom. The zero-order chi connectivity index (χ0) is 37.5. The van der Waals surface area contributed by atoms with Crippen LogP contribution >= 0.6 is 0 Å². The van der Waals surface area contributed by atoms with Crippen molar-refractivity contribution in [2.24, 2.45) is 0 Å². The van der Waals surface area contributed by atoms with Crippen LogP contribution in [0.15, 0.2) is 191 Å². The first-order valence-corrected chi connectivity index (χ1v) is 19.0. The molecule has 4 aromatic heterocycles. The molecule has 6 nitrogen and oxygen atoms in total. The molecular formula is C51H30N4O2. The van der Waals surface area contributed by atoms with Gasteiger partial charge in [-0.1, -0.05) is 146 Å². The van der Waals surface area contributed by atoms with E-state index in [2.05, 4.69) is 114 Å². The highest BCUT2D eigenvalue weighted by Crippen LogP contribution is 2.44. The lowest BCUT2D eigenvalue weighted by Gasteiger charge is -2.14. The molecule has 266 valence electrons. The Morgan fingerprint density at radius 2 is 0.982 bits per heavy atom. The molecule has 0 bridgehead atoms. The molecule has 0 fully saturated rings. The molecule has 12 aromatic rings. The van der Waals surface area contributed by atoms with E-state index in [4.69, 9.17) is 23.8 Å². The summed E-state index contributed by atoms with van der Waals surface area (Å²) in [5, 5.41) is 6.45. The Balaban J connectivity index is 1.17. The lowest BCUT2D eigenvalue weighted by atomic mass is 9.93. The van der Waals surface area contributed by atoms with Gasteiger partial charge in [0.2, 0.25) is 5.95 Å². The van der Waals surface area contributed by atoms with Crippen LogP contribution in [0, 0.1) is 0 Å². The number of benzene rings is 8. The van der Waals surface area contributed by atoms with Crippen molar-refractivity contribution in [2.45, 2.75) is 0 Å². The number of rotatable bonds is 5. The lowest BCUT2D eigenvalue weighted by Crippen LogP contribution is -2.07. The van der Waals surface area contributed by atoms with Gasteiger partial charge in [-0.3, -0.25) is 4.57 Å². The van der Waals surface area contributed by atoms with Gasteiger partial charge < -0.3 is 8.83 Å². The summed E-state index contributed by atoms with van der Waals surface area (Å²) in [6, 6.07) is 62.7. The second kappa shape index (κ2) is 12.3. The number of aromatic nitrogens is 4. The van der Waals surface area contributed by atoms with Crippen molar-refractivity contribution in [2.75, 3.05) is 0 Å². The zero-order valence-electron chi connectivity index (χ0n) is 30.4. The Bertz CT molecular complexity index is 3530. The third-order valence-corrected chi connectivity index (χ3v) is 11.1. The highest BCUT2D eigenvalue weighted by Gasteiger charge is 2.23. The van der Waals surface area contributed by atoms with Crippen LogP contribution in [-0.2, 0) is 0 Å². The van der Waals surface area contributed by atoms with Crippen molar-refractivity contribution >= 4 is 65.7 Å². The molecule has 0 saturated carbocycles. The van der Waals surface area contributed by atoms with Gasteiger partial charge in [0.25, 0.3) is 0 Å². The summed E-state index contributed by atoms with van der Waals surface area (Å²) in [6.07, 6.45) is 0. The molecule has 6 heteroatoms. The summed E-state index contributed by atoms with van der Waals surface area (Å²) >= 11 is 0. The maximum Gasteiger partial charge on any atom is 0.238 e. The smallest absolute Gasteiger partial charge is 0.238 e. The van der Waals surface area contributed by atoms with Crippen LogP contribution in [0.5, 0.6) is 0 Å². The van der Waals surface area contributed by atoms with Gasteiger partial charge in [-0.05, 0) is 53.1 Å². The Hall–Kier alpha value is -7.83. The van der Waals surface area contributed by atoms with E-state index in [-0.39, 0.29) is 0 Å². The second-order valence-corrected chi connectivity index (χ2v) is 14.3. The molecule has 0 saturated heterocycles. The number of fused-ring (bicyclic) bond motifs is 9. The number of nitrogens with zero attached hydrogens (tertiary/aromatic N) is 4. The molecule has 0 aliphatic rings. The molecule has 0 amide bonds. The maximum absolute atomic E-state index is 6.60. The summed E-state index contributed by atoms with van der Waals surface area (Å²) < 4.78 is 15.3.